The highest BCUT2D eigenvalue weighted by Gasteiger charge is 2.15. The van der Waals surface area contributed by atoms with Crippen molar-refractivity contribution in [2.75, 3.05) is 26.0 Å². The van der Waals surface area contributed by atoms with Crippen LogP contribution in [0.15, 0.2) is 23.1 Å². The molecule has 0 aliphatic rings. The van der Waals surface area contributed by atoms with Crippen molar-refractivity contribution in [2.45, 2.75) is 24.8 Å². The molecule has 0 aromatic heterocycles. The number of anilines is 1. The minimum Gasteiger partial charge on any atom is -0.495 e. The second-order valence-electron chi connectivity index (χ2n) is 4.22. The van der Waals surface area contributed by atoms with Crippen LogP contribution < -0.4 is 15.2 Å². The minimum atomic E-state index is -3.57. The maximum absolute atomic E-state index is 12.0. The molecule has 1 rings (SSSR count). The van der Waals surface area contributed by atoms with Gasteiger partial charge in [-0.25, -0.2) is 13.1 Å². The van der Waals surface area contributed by atoms with Crippen LogP contribution in [0.1, 0.15) is 13.8 Å². The molecule has 0 aliphatic carbocycles. The van der Waals surface area contributed by atoms with Gasteiger partial charge in [-0.1, -0.05) is 0 Å². The number of nitrogen functional groups attached to an aromatic ring is 1. The third kappa shape index (κ3) is 4.70. The van der Waals surface area contributed by atoms with E-state index >= 15 is 0 Å². The largest absolute Gasteiger partial charge is 0.495 e. The van der Waals surface area contributed by atoms with Crippen molar-refractivity contribution in [3.8, 4) is 5.75 Å². The van der Waals surface area contributed by atoms with Gasteiger partial charge in [0, 0.05) is 6.54 Å². The van der Waals surface area contributed by atoms with Crippen LogP contribution in [0.3, 0.4) is 0 Å². The first-order valence-electron chi connectivity index (χ1n) is 5.91. The summed E-state index contributed by atoms with van der Waals surface area (Å²) >= 11 is 0. The predicted octanol–water partition coefficient (Wildman–Crippen LogP) is 0.981. The maximum Gasteiger partial charge on any atom is 0.240 e. The molecule has 108 valence electrons. The van der Waals surface area contributed by atoms with Gasteiger partial charge in [-0.2, -0.15) is 0 Å². The SMILES string of the molecule is COc1ccc(S(=O)(=O)NCCOC(C)C)cc1N. The molecular formula is C12H20N2O4S. The quantitative estimate of drug-likeness (QED) is 0.576. The summed E-state index contributed by atoms with van der Waals surface area (Å²) in [7, 11) is -2.10. The van der Waals surface area contributed by atoms with E-state index in [2.05, 4.69) is 4.72 Å². The summed E-state index contributed by atoms with van der Waals surface area (Å²) in [6.07, 6.45) is 0.0705. The molecule has 0 bridgehead atoms. The summed E-state index contributed by atoms with van der Waals surface area (Å²) in [4.78, 5) is 0.107. The topological polar surface area (TPSA) is 90.7 Å². The Bertz CT molecular complexity index is 514. The Labute approximate surface area is 113 Å². The van der Waals surface area contributed by atoms with Crippen LogP contribution in [-0.4, -0.2) is 34.8 Å². The Morgan fingerprint density at radius 3 is 2.58 bits per heavy atom. The van der Waals surface area contributed by atoms with Crippen molar-refractivity contribution in [1.29, 1.82) is 0 Å². The van der Waals surface area contributed by atoms with E-state index in [0.29, 0.717) is 12.4 Å². The molecule has 0 atom stereocenters. The molecule has 0 saturated carbocycles. The van der Waals surface area contributed by atoms with E-state index < -0.39 is 10.0 Å². The van der Waals surface area contributed by atoms with Gasteiger partial charge in [0.25, 0.3) is 0 Å². The van der Waals surface area contributed by atoms with Gasteiger partial charge in [-0.15, -0.1) is 0 Å². The first kappa shape index (κ1) is 15.7. The molecule has 0 aliphatic heterocycles. The molecule has 1 aromatic rings. The van der Waals surface area contributed by atoms with Crippen molar-refractivity contribution in [2.24, 2.45) is 0 Å². The van der Waals surface area contributed by atoms with Crippen LogP contribution in [-0.2, 0) is 14.8 Å². The Kier molecular flexibility index (Phi) is 5.59. The normalized spacial score (nSPS) is 11.8. The van der Waals surface area contributed by atoms with Crippen LogP contribution in [0, 0.1) is 0 Å². The van der Waals surface area contributed by atoms with Crippen LogP contribution in [0.2, 0.25) is 0 Å². The van der Waals surface area contributed by atoms with Crippen LogP contribution >= 0.6 is 0 Å². The van der Waals surface area contributed by atoms with Gasteiger partial charge in [0.15, 0.2) is 0 Å². The first-order valence-corrected chi connectivity index (χ1v) is 7.40. The van der Waals surface area contributed by atoms with Gasteiger partial charge < -0.3 is 15.2 Å². The number of ether oxygens (including phenoxy) is 2. The zero-order chi connectivity index (χ0) is 14.5. The van der Waals surface area contributed by atoms with E-state index in [1.165, 1.54) is 25.3 Å². The van der Waals surface area contributed by atoms with E-state index in [4.69, 9.17) is 15.2 Å². The molecule has 0 saturated heterocycles. The highest BCUT2D eigenvalue weighted by Crippen LogP contribution is 2.24. The van der Waals surface area contributed by atoms with Gasteiger partial charge in [-0.3, -0.25) is 0 Å². The van der Waals surface area contributed by atoms with Gasteiger partial charge >= 0.3 is 0 Å². The fourth-order valence-corrected chi connectivity index (χ4v) is 2.48. The van der Waals surface area contributed by atoms with Crippen LogP contribution in [0.25, 0.3) is 0 Å². The number of sulfonamides is 1. The van der Waals surface area contributed by atoms with E-state index in [1.54, 1.807) is 0 Å². The zero-order valence-electron chi connectivity index (χ0n) is 11.3. The lowest BCUT2D eigenvalue weighted by Gasteiger charge is -2.10. The molecule has 3 N–H and O–H groups in total. The summed E-state index contributed by atoms with van der Waals surface area (Å²) in [5.41, 5.74) is 5.96. The third-order valence-electron chi connectivity index (χ3n) is 2.36. The lowest BCUT2D eigenvalue weighted by Crippen LogP contribution is -2.28. The number of nitrogens with one attached hydrogen (secondary N) is 1. The Balaban J connectivity index is 2.69. The number of hydrogen-bond donors (Lipinski definition) is 2. The lowest BCUT2D eigenvalue weighted by atomic mass is 10.3. The average molecular weight is 288 g/mol. The molecule has 1 aromatic carbocycles. The lowest BCUT2D eigenvalue weighted by molar-refractivity contribution is 0.0834. The van der Waals surface area contributed by atoms with Gasteiger partial charge in [0.05, 0.1) is 30.4 Å². The fourth-order valence-electron chi connectivity index (χ4n) is 1.43. The molecule has 0 fully saturated rings. The van der Waals surface area contributed by atoms with Crippen molar-refractivity contribution in [1.82, 2.24) is 4.72 Å². The molecule has 6 nitrogen and oxygen atoms in total. The van der Waals surface area contributed by atoms with E-state index in [0.717, 1.165) is 0 Å². The molecule has 0 radical (unpaired) electrons. The highest BCUT2D eigenvalue weighted by molar-refractivity contribution is 7.89. The molecular weight excluding hydrogens is 268 g/mol. The predicted molar refractivity (Wildman–Crippen MR) is 73.7 cm³/mol. The third-order valence-corrected chi connectivity index (χ3v) is 3.82. The number of methoxy groups -OCH3 is 1. The minimum absolute atomic E-state index is 0.0705. The zero-order valence-corrected chi connectivity index (χ0v) is 12.2. The number of nitrogens with two attached hydrogens (primary N) is 1. The van der Waals surface area contributed by atoms with Gasteiger partial charge in [-0.05, 0) is 32.0 Å². The molecule has 7 heteroatoms. The van der Waals surface area contributed by atoms with Crippen LogP contribution in [0.5, 0.6) is 5.75 Å². The van der Waals surface area contributed by atoms with Crippen molar-refractivity contribution in [3.05, 3.63) is 18.2 Å². The summed E-state index contributed by atoms with van der Waals surface area (Å²) in [6.45, 7) is 4.31. The smallest absolute Gasteiger partial charge is 0.240 e. The van der Waals surface area contributed by atoms with E-state index in [9.17, 15) is 8.42 Å². The summed E-state index contributed by atoms with van der Waals surface area (Å²) in [5, 5.41) is 0. The van der Waals surface area contributed by atoms with Crippen LogP contribution in [0.4, 0.5) is 5.69 Å². The van der Waals surface area contributed by atoms with Crippen molar-refractivity contribution in [3.63, 3.8) is 0 Å². The monoisotopic (exact) mass is 288 g/mol. The standard InChI is InChI=1S/C12H20N2O4S/c1-9(2)18-7-6-14-19(15,16)10-4-5-12(17-3)11(13)8-10/h4-5,8-9,14H,6-7,13H2,1-3H3. The number of rotatable bonds is 7. The molecule has 19 heavy (non-hydrogen) atoms. The maximum atomic E-state index is 12.0. The van der Waals surface area contributed by atoms with E-state index in [1.807, 2.05) is 13.8 Å². The Morgan fingerprint density at radius 2 is 2.05 bits per heavy atom. The van der Waals surface area contributed by atoms with E-state index in [-0.39, 0.29) is 23.2 Å². The average Bonchev–Trinajstić information content (AvgIpc) is 2.34. The summed E-state index contributed by atoms with van der Waals surface area (Å²) < 4.78 is 36.6. The second-order valence-corrected chi connectivity index (χ2v) is 5.99. The van der Waals surface area contributed by atoms with Gasteiger partial charge in [0.2, 0.25) is 10.0 Å². The molecule has 0 heterocycles. The fraction of sp³-hybridized carbons (Fsp3) is 0.500. The first-order chi connectivity index (χ1) is 8.86. The van der Waals surface area contributed by atoms with Gasteiger partial charge in [0.1, 0.15) is 5.75 Å². The number of benzene rings is 1. The summed E-state index contributed by atoms with van der Waals surface area (Å²) in [6, 6.07) is 4.33. The highest BCUT2D eigenvalue weighted by atomic mass is 32.2. The molecule has 0 spiro atoms. The molecule has 0 amide bonds. The second kappa shape index (κ2) is 6.74. The molecule has 0 unspecified atom stereocenters. The summed E-state index contributed by atoms with van der Waals surface area (Å²) in [5.74, 6) is 0.446. The number of hydrogen-bond acceptors (Lipinski definition) is 5. The Morgan fingerprint density at radius 1 is 1.37 bits per heavy atom. The van der Waals surface area contributed by atoms with Crippen molar-refractivity contribution < 1.29 is 17.9 Å². The van der Waals surface area contributed by atoms with Crippen molar-refractivity contribution >= 4 is 15.7 Å². The Hall–Kier alpha value is -1.31.